The van der Waals surface area contributed by atoms with Crippen molar-refractivity contribution < 1.29 is 9.26 Å². The van der Waals surface area contributed by atoms with Gasteiger partial charge in [0.25, 0.3) is 0 Å². The van der Waals surface area contributed by atoms with E-state index in [9.17, 15) is 0 Å². The fraction of sp³-hybridized carbons (Fsp3) is 0.833. The van der Waals surface area contributed by atoms with Gasteiger partial charge in [0.05, 0.1) is 6.04 Å². The molecule has 0 bridgehead atoms. The van der Waals surface area contributed by atoms with E-state index in [-0.39, 0.29) is 6.04 Å². The van der Waals surface area contributed by atoms with Crippen LogP contribution in [0.25, 0.3) is 0 Å². The highest BCUT2D eigenvalue weighted by Crippen LogP contribution is 2.33. The van der Waals surface area contributed by atoms with E-state index in [1.165, 1.54) is 0 Å². The van der Waals surface area contributed by atoms with Crippen LogP contribution in [-0.2, 0) is 10.3 Å². The van der Waals surface area contributed by atoms with Crippen LogP contribution >= 0.6 is 11.8 Å². The van der Waals surface area contributed by atoms with Gasteiger partial charge in [0, 0.05) is 6.61 Å². The van der Waals surface area contributed by atoms with Crippen LogP contribution in [0.5, 0.6) is 0 Å². The number of rotatable bonds is 5. The molecule has 0 spiro atoms. The molecule has 0 saturated carbocycles. The fourth-order valence-corrected chi connectivity index (χ4v) is 2.57. The van der Waals surface area contributed by atoms with E-state index in [0.29, 0.717) is 11.7 Å². The molecule has 2 rings (SSSR count). The number of hydrogen-bond acceptors (Lipinski definition) is 6. The first-order chi connectivity index (χ1) is 8.65. The van der Waals surface area contributed by atoms with Crippen LogP contribution < -0.4 is 5.73 Å². The first-order valence-corrected chi connectivity index (χ1v) is 7.77. The molecule has 5 nitrogen and oxygen atoms in total. The first-order valence-electron chi connectivity index (χ1n) is 6.38. The van der Waals surface area contributed by atoms with Gasteiger partial charge in [-0.3, -0.25) is 0 Å². The maximum absolute atomic E-state index is 6.02. The van der Waals surface area contributed by atoms with Crippen molar-refractivity contribution in [3.63, 3.8) is 0 Å². The van der Waals surface area contributed by atoms with E-state index in [0.717, 1.165) is 38.0 Å². The Morgan fingerprint density at radius 3 is 3.00 bits per heavy atom. The Bertz CT molecular complexity index is 377. The minimum Gasteiger partial charge on any atom is -0.367 e. The lowest BCUT2D eigenvalue weighted by Crippen LogP contribution is -2.31. The van der Waals surface area contributed by atoms with Crippen molar-refractivity contribution in [2.45, 2.75) is 44.2 Å². The van der Waals surface area contributed by atoms with Gasteiger partial charge in [0.1, 0.15) is 5.60 Å². The van der Waals surface area contributed by atoms with Crippen molar-refractivity contribution in [1.29, 1.82) is 0 Å². The van der Waals surface area contributed by atoms with Crippen LogP contribution in [0.4, 0.5) is 0 Å². The summed E-state index contributed by atoms with van der Waals surface area (Å²) in [6.07, 6.45) is 6.09. The molecule has 0 radical (unpaired) electrons. The fourth-order valence-electron chi connectivity index (χ4n) is 2.08. The Morgan fingerprint density at radius 2 is 2.33 bits per heavy atom. The molecule has 0 aromatic carbocycles. The zero-order chi connectivity index (χ0) is 13.0. The summed E-state index contributed by atoms with van der Waals surface area (Å²) >= 11 is 1.76. The molecule has 6 heteroatoms. The normalized spacial score (nSPS) is 26.2. The molecular formula is C12H21N3O2S. The van der Waals surface area contributed by atoms with E-state index in [1.807, 2.05) is 6.92 Å². The van der Waals surface area contributed by atoms with Gasteiger partial charge in [-0.1, -0.05) is 5.16 Å². The second-order valence-corrected chi connectivity index (χ2v) is 5.87. The van der Waals surface area contributed by atoms with Crippen LogP contribution in [-0.4, -0.2) is 28.8 Å². The highest BCUT2D eigenvalue weighted by atomic mass is 32.2. The van der Waals surface area contributed by atoms with Gasteiger partial charge >= 0.3 is 0 Å². The minimum absolute atomic E-state index is 0.175. The van der Waals surface area contributed by atoms with E-state index in [4.69, 9.17) is 15.0 Å². The Balaban J connectivity index is 2.04. The van der Waals surface area contributed by atoms with Crippen molar-refractivity contribution in [3.8, 4) is 0 Å². The number of ether oxygens (including phenoxy) is 1. The van der Waals surface area contributed by atoms with Crippen molar-refractivity contribution in [1.82, 2.24) is 10.1 Å². The van der Waals surface area contributed by atoms with Crippen molar-refractivity contribution in [3.05, 3.63) is 11.7 Å². The Hall–Kier alpha value is -0.590. The van der Waals surface area contributed by atoms with E-state index < -0.39 is 5.60 Å². The van der Waals surface area contributed by atoms with Gasteiger partial charge in [-0.15, -0.1) is 0 Å². The third-order valence-corrected chi connectivity index (χ3v) is 3.98. The van der Waals surface area contributed by atoms with Gasteiger partial charge in [0.15, 0.2) is 0 Å². The van der Waals surface area contributed by atoms with Crippen LogP contribution in [0.3, 0.4) is 0 Å². The standard InChI is InChI=1S/C12H21N3O2S/c1-12(6-3-4-7-16-12)11-14-10(17-15-11)9(13)5-8-18-2/h9H,3-8,13H2,1-2H3/t9-,12?/m0/s1. The van der Waals surface area contributed by atoms with Gasteiger partial charge in [-0.05, 0) is 44.6 Å². The summed E-state index contributed by atoms with van der Waals surface area (Å²) in [4.78, 5) is 4.42. The zero-order valence-electron chi connectivity index (χ0n) is 11.0. The molecule has 1 aliphatic heterocycles. The molecule has 1 unspecified atom stereocenters. The predicted octanol–water partition coefficient (Wildman–Crippen LogP) is 2.24. The quantitative estimate of drug-likeness (QED) is 0.885. The second kappa shape index (κ2) is 6.04. The van der Waals surface area contributed by atoms with Crippen molar-refractivity contribution >= 4 is 11.8 Å². The van der Waals surface area contributed by atoms with Crippen LogP contribution in [0.2, 0.25) is 0 Å². The number of nitrogens with two attached hydrogens (primary N) is 1. The molecule has 0 amide bonds. The predicted molar refractivity (Wildman–Crippen MR) is 71.4 cm³/mol. The molecule has 0 aliphatic carbocycles. The van der Waals surface area contributed by atoms with Gasteiger partial charge in [-0.25, -0.2) is 0 Å². The molecule has 2 N–H and O–H groups in total. The lowest BCUT2D eigenvalue weighted by atomic mass is 9.95. The Morgan fingerprint density at radius 1 is 1.50 bits per heavy atom. The van der Waals surface area contributed by atoms with Crippen LogP contribution in [0.15, 0.2) is 4.52 Å². The van der Waals surface area contributed by atoms with Crippen LogP contribution in [0, 0.1) is 0 Å². The molecule has 18 heavy (non-hydrogen) atoms. The molecule has 102 valence electrons. The second-order valence-electron chi connectivity index (χ2n) is 4.88. The summed E-state index contributed by atoms with van der Waals surface area (Å²) in [6.45, 7) is 2.78. The maximum Gasteiger partial charge on any atom is 0.243 e. The van der Waals surface area contributed by atoms with Gasteiger partial charge < -0.3 is 15.0 Å². The zero-order valence-corrected chi connectivity index (χ0v) is 11.8. The first kappa shape index (κ1) is 13.8. The van der Waals surface area contributed by atoms with E-state index in [2.05, 4.69) is 16.4 Å². The number of hydrogen-bond donors (Lipinski definition) is 1. The molecule has 2 atom stereocenters. The van der Waals surface area contributed by atoms with E-state index in [1.54, 1.807) is 11.8 Å². The maximum atomic E-state index is 6.02. The summed E-state index contributed by atoms with van der Waals surface area (Å²) in [7, 11) is 0. The highest BCUT2D eigenvalue weighted by molar-refractivity contribution is 7.98. The lowest BCUT2D eigenvalue weighted by molar-refractivity contribution is -0.0770. The third-order valence-electron chi connectivity index (χ3n) is 3.33. The number of thioether (sulfide) groups is 1. The smallest absolute Gasteiger partial charge is 0.243 e. The Labute approximate surface area is 112 Å². The highest BCUT2D eigenvalue weighted by Gasteiger charge is 2.35. The van der Waals surface area contributed by atoms with Gasteiger partial charge in [0.2, 0.25) is 11.7 Å². The third kappa shape index (κ3) is 3.05. The number of nitrogens with zero attached hydrogens (tertiary/aromatic N) is 2. The topological polar surface area (TPSA) is 74.2 Å². The monoisotopic (exact) mass is 271 g/mol. The summed E-state index contributed by atoms with van der Waals surface area (Å²) in [5, 5.41) is 4.04. The molecule has 1 aromatic heterocycles. The molecule has 1 fully saturated rings. The average Bonchev–Trinajstić information content (AvgIpc) is 2.87. The Kier molecular flexibility index (Phi) is 4.64. The van der Waals surface area contributed by atoms with Crippen molar-refractivity contribution in [2.24, 2.45) is 5.73 Å². The van der Waals surface area contributed by atoms with E-state index >= 15 is 0 Å². The largest absolute Gasteiger partial charge is 0.367 e. The molecule has 1 aromatic rings. The van der Waals surface area contributed by atoms with Crippen LogP contribution in [0.1, 0.15) is 50.4 Å². The summed E-state index contributed by atoms with van der Waals surface area (Å²) in [5.41, 5.74) is 5.61. The molecule has 1 saturated heterocycles. The summed E-state index contributed by atoms with van der Waals surface area (Å²) in [6, 6.07) is -0.175. The molecular weight excluding hydrogens is 250 g/mol. The minimum atomic E-state index is -0.404. The van der Waals surface area contributed by atoms with Crippen molar-refractivity contribution in [2.75, 3.05) is 18.6 Å². The summed E-state index contributed by atoms with van der Waals surface area (Å²) < 4.78 is 11.1. The lowest BCUT2D eigenvalue weighted by Gasteiger charge is -2.30. The SMILES string of the molecule is CSCC[C@H](N)c1nc(C2(C)CCCCO2)no1. The average molecular weight is 271 g/mol. The molecule has 2 heterocycles. The summed E-state index contributed by atoms with van der Waals surface area (Å²) in [5.74, 6) is 2.15. The number of aromatic nitrogens is 2. The molecule has 1 aliphatic rings. The van der Waals surface area contributed by atoms with Gasteiger partial charge in [-0.2, -0.15) is 16.7 Å².